The monoisotopic (exact) mass is 337 g/mol. The lowest BCUT2D eigenvalue weighted by Gasteiger charge is -2.56. The van der Waals surface area contributed by atoms with Gasteiger partial charge in [0.15, 0.2) is 0 Å². The van der Waals surface area contributed by atoms with Crippen LogP contribution in [0.3, 0.4) is 0 Å². The van der Waals surface area contributed by atoms with Gasteiger partial charge in [-0.2, -0.15) is 0 Å². The summed E-state index contributed by atoms with van der Waals surface area (Å²) in [5.41, 5.74) is 1.92. The number of hydrogen-bond donors (Lipinski definition) is 1. The van der Waals surface area contributed by atoms with Crippen LogP contribution in [0, 0.1) is 11.8 Å². The van der Waals surface area contributed by atoms with Crippen molar-refractivity contribution in [2.24, 2.45) is 11.8 Å². The van der Waals surface area contributed by atoms with Gasteiger partial charge in [0, 0.05) is 23.9 Å². The van der Waals surface area contributed by atoms with Gasteiger partial charge in [-0.3, -0.25) is 4.90 Å². The first-order valence-electron chi connectivity index (χ1n) is 9.55. The summed E-state index contributed by atoms with van der Waals surface area (Å²) < 4.78 is 0. The van der Waals surface area contributed by atoms with Crippen molar-refractivity contribution in [1.29, 1.82) is 0 Å². The molecule has 0 amide bonds. The van der Waals surface area contributed by atoms with Crippen LogP contribution in [0.25, 0.3) is 0 Å². The molecule has 2 aromatic carbocycles. The quantitative estimate of drug-likeness (QED) is 0.827. The maximum absolute atomic E-state index is 11.8. The molecule has 0 bridgehead atoms. The van der Waals surface area contributed by atoms with Gasteiger partial charge in [0.25, 0.3) is 0 Å². The Morgan fingerprint density at radius 2 is 1.24 bits per heavy atom. The van der Waals surface area contributed by atoms with E-state index < -0.39 is 5.60 Å². The second-order valence-electron chi connectivity index (χ2n) is 7.70. The molecule has 1 heterocycles. The Balaban J connectivity index is 2.10. The van der Waals surface area contributed by atoms with E-state index in [1.807, 2.05) is 0 Å². The van der Waals surface area contributed by atoms with Crippen LogP contribution < -0.4 is 0 Å². The first-order chi connectivity index (χ1) is 12.0. The van der Waals surface area contributed by atoms with E-state index in [1.54, 1.807) is 0 Å². The standard InChI is InChI=1S/C23H31NO/c1-5-16-23(25)17(2)21(19-12-8-6-9-13-19)24(4)22(18(23)3)20-14-10-7-11-15-20/h6-15,17-18,21-22,25H,5,16H2,1-4H3/t17-,18+,21-,22-,23?/m1/s1. The van der Waals surface area contributed by atoms with Gasteiger partial charge in [-0.05, 0) is 24.6 Å². The minimum atomic E-state index is -0.664. The van der Waals surface area contributed by atoms with Gasteiger partial charge in [-0.1, -0.05) is 87.9 Å². The molecular formula is C23H31NO. The van der Waals surface area contributed by atoms with Crippen molar-refractivity contribution < 1.29 is 5.11 Å². The average Bonchev–Trinajstić information content (AvgIpc) is 2.63. The molecular weight excluding hydrogens is 306 g/mol. The van der Waals surface area contributed by atoms with Crippen LogP contribution in [0.1, 0.15) is 56.8 Å². The number of likely N-dealkylation sites (tertiary alicyclic amines) is 1. The first kappa shape index (κ1) is 18.2. The molecule has 5 atom stereocenters. The number of hydrogen-bond acceptors (Lipinski definition) is 2. The molecule has 0 aromatic heterocycles. The summed E-state index contributed by atoms with van der Waals surface area (Å²) in [7, 11) is 2.22. The summed E-state index contributed by atoms with van der Waals surface area (Å²) in [6, 6.07) is 21.7. The van der Waals surface area contributed by atoms with E-state index in [1.165, 1.54) is 11.1 Å². The zero-order valence-corrected chi connectivity index (χ0v) is 15.9. The molecule has 0 radical (unpaired) electrons. The number of piperidine rings is 1. The molecule has 1 saturated heterocycles. The third kappa shape index (κ3) is 3.14. The molecule has 2 aromatic rings. The van der Waals surface area contributed by atoms with E-state index in [-0.39, 0.29) is 23.9 Å². The largest absolute Gasteiger partial charge is 0.389 e. The van der Waals surface area contributed by atoms with Crippen LogP contribution in [-0.4, -0.2) is 22.7 Å². The Bertz CT molecular complexity index is 616. The predicted molar refractivity (Wildman–Crippen MR) is 104 cm³/mol. The minimum Gasteiger partial charge on any atom is -0.389 e. The fraction of sp³-hybridized carbons (Fsp3) is 0.478. The molecule has 1 aliphatic rings. The van der Waals surface area contributed by atoms with Crippen LogP contribution in [0.5, 0.6) is 0 Å². The van der Waals surface area contributed by atoms with Crippen molar-refractivity contribution in [3.05, 3.63) is 71.8 Å². The van der Waals surface area contributed by atoms with Crippen LogP contribution >= 0.6 is 0 Å². The van der Waals surface area contributed by atoms with E-state index >= 15 is 0 Å². The third-order valence-corrected chi connectivity index (χ3v) is 6.33. The lowest BCUT2D eigenvalue weighted by molar-refractivity contribution is -0.159. The molecule has 2 nitrogen and oxygen atoms in total. The second kappa shape index (κ2) is 7.31. The van der Waals surface area contributed by atoms with Gasteiger partial charge in [0.05, 0.1) is 5.60 Å². The Morgan fingerprint density at radius 3 is 1.60 bits per heavy atom. The summed E-state index contributed by atoms with van der Waals surface area (Å²) >= 11 is 0. The first-order valence-corrected chi connectivity index (χ1v) is 9.55. The Hall–Kier alpha value is -1.64. The molecule has 1 N–H and O–H groups in total. The van der Waals surface area contributed by atoms with E-state index in [0.29, 0.717) is 0 Å². The highest BCUT2D eigenvalue weighted by molar-refractivity contribution is 5.28. The maximum atomic E-state index is 11.8. The summed E-state index contributed by atoms with van der Waals surface area (Å²) in [4.78, 5) is 2.48. The maximum Gasteiger partial charge on any atom is 0.0734 e. The minimum absolute atomic E-state index is 0.176. The summed E-state index contributed by atoms with van der Waals surface area (Å²) in [6.45, 7) is 6.62. The lowest BCUT2D eigenvalue weighted by atomic mass is 9.63. The van der Waals surface area contributed by atoms with Crippen LogP contribution in [-0.2, 0) is 0 Å². The van der Waals surface area contributed by atoms with Crippen molar-refractivity contribution in [3.63, 3.8) is 0 Å². The molecule has 0 saturated carbocycles. The molecule has 3 rings (SSSR count). The van der Waals surface area contributed by atoms with Crippen molar-refractivity contribution >= 4 is 0 Å². The highest BCUT2D eigenvalue weighted by atomic mass is 16.3. The van der Waals surface area contributed by atoms with Gasteiger partial charge in [-0.15, -0.1) is 0 Å². The zero-order chi connectivity index (χ0) is 18.0. The SMILES string of the molecule is CCCC1(O)[C@H](C)[C@H](c2ccccc2)N(C)[C@@H](c2ccccc2)[C@@H]1C. The second-order valence-corrected chi connectivity index (χ2v) is 7.70. The number of nitrogens with zero attached hydrogens (tertiary/aromatic N) is 1. The fourth-order valence-corrected chi connectivity index (χ4v) is 5.04. The van der Waals surface area contributed by atoms with E-state index in [0.717, 1.165) is 12.8 Å². The smallest absolute Gasteiger partial charge is 0.0734 e. The van der Waals surface area contributed by atoms with Gasteiger partial charge < -0.3 is 5.11 Å². The fourth-order valence-electron chi connectivity index (χ4n) is 5.04. The normalized spacial score (nSPS) is 33.3. The topological polar surface area (TPSA) is 23.5 Å². The van der Waals surface area contributed by atoms with Gasteiger partial charge in [0.1, 0.15) is 0 Å². The molecule has 134 valence electrons. The Kier molecular flexibility index (Phi) is 5.31. The highest BCUT2D eigenvalue weighted by Crippen LogP contribution is 2.53. The Morgan fingerprint density at radius 1 is 0.840 bits per heavy atom. The summed E-state index contributed by atoms with van der Waals surface area (Å²) in [5, 5.41) is 11.8. The van der Waals surface area contributed by atoms with Crippen molar-refractivity contribution in [2.75, 3.05) is 7.05 Å². The highest BCUT2D eigenvalue weighted by Gasteiger charge is 2.53. The van der Waals surface area contributed by atoms with Crippen molar-refractivity contribution in [1.82, 2.24) is 4.90 Å². The van der Waals surface area contributed by atoms with E-state index in [4.69, 9.17) is 0 Å². The molecule has 1 unspecified atom stereocenters. The summed E-state index contributed by atoms with van der Waals surface area (Å²) in [5.74, 6) is 0.352. The summed E-state index contributed by atoms with van der Waals surface area (Å²) in [6.07, 6.45) is 1.84. The number of rotatable bonds is 4. The molecule has 0 spiro atoms. The molecule has 1 fully saturated rings. The third-order valence-electron chi connectivity index (χ3n) is 6.33. The van der Waals surface area contributed by atoms with Crippen LogP contribution in [0.15, 0.2) is 60.7 Å². The molecule has 2 heteroatoms. The predicted octanol–water partition coefficient (Wildman–Crippen LogP) is 5.22. The van der Waals surface area contributed by atoms with E-state index in [9.17, 15) is 5.11 Å². The zero-order valence-electron chi connectivity index (χ0n) is 15.9. The van der Waals surface area contributed by atoms with Gasteiger partial charge >= 0.3 is 0 Å². The van der Waals surface area contributed by atoms with Gasteiger partial charge in [-0.25, -0.2) is 0 Å². The van der Waals surface area contributed by atoms with Crippen LogP contribution in [0.4, 0.5) is 0 Å². The molecule has 25 heavy (non-hydrogen) atoms. The average molecular weight is 338 g/mol. The number of benzene rings is 2. The number of aliphatic hydroxyl groups is 1. The molecule has 0 aliphatic carbocycles. The molecule has 1 aliphatic heterocycles. The van der Waals surface area contributed by atoms with Crippen molar-refractivity contribution in [3.8, 4) is 0 Å². The van der Waals surface area contributed by atoms with Crippen molar-refractivity contribution in [2.45, 2.75) is 51.3 Å². The lowest BCUT2D eigenvalue weighted by Crippen LogP contribution is -2.57. The van der Waals surface area contributed by atoms with Gasteiger partial charge in [0.2, 0.25) is 0 Å². The van der Waals surface area contributed by atoms with Crippen LogP contribution in [0.2, 0.25) is 0 Å². The van der Waals surface area contributed by atoms with E-state index in [2.05, 4.69) is 93.4 Å². The Labute approximate surface area is 152 Å².